The van der Waals surface area contributed by atoms with Crippen molar-refractivity contribution in [3.8, 4) is 0 Å². The van der Waals surface area contributed by atoms with Crippen LogP contribution in [0.3, 0.4) is 0 Å². The van der Waals surface area contributed by atoms with Gasteiger partial charge in [0.2, 0.25) is 0 Å². The van der Waals surface area contributed by atoms with Crippen molar-refractivity contribution in [3.63, 3.8) is 0 Å². The summed E-state index contributed by atoms with van der Waals surface area (Å²) >= 11 is 0. The number of hydrogen-bond donors (Lipinski definition) is 2. The zero-order chi connectivity index (χ0) is 8.15. The number of likely N-dealkylation sites (N-methyl/N-ethyl adjacent to an activating group) is 1. The van der Waals surface area contributed by atoms with Crippen LogP contribution >= 0.6 is 0 Å². The van der Waals surface area contributed by atoms with Crippen LogP contribution in [0.4, 0.5) is 0 Å². The Kier molecular flexibility index (Phi) is 4.12. The number of aliphatic hydroxyl groups is 1. The van der Waals surface area contributed by atoms with E-state index in [0.29, 0.717) is 11.6 Å². The van der Waals surface area contributed by atoms with E-state index in [1.54, 1.807) is 7.05 Å². The average Bonchev–Trinajstić information content (AvgIpc) is 1.85. The minimum absolute atomic E-state index is 0.398. The quantitative estimate of drug-likeness (QED) is 0.618. The molecule has 0 aromatic carbocycles. The molecular weight excluding hydrogens is 126 g/mol. The number of rotatable bonds is 4. The van der Waals surface area contributed by atoms with Crippen LogP contribution in [0.2, 0.25) is 0 Å². The molecule has 0 aliphatic rings. The van der Waals surface area contributed by atoms with E-state index in [9.17, 15) is 5.11 Å². The Labute approximate surface area is 62.9 Å². The standard InChI is InChI=1S/C8H17NO/c1-6(2)5-8(10)7(3)9-4/h6,8-10H,3,5H2,1-2,4H3. The maximum atomic E-state index is 9.33. The predicted molar refractivity (Wildman–Crippen MR) is 43.7 cm³/mol. The molecule has 10 heavy (non-hydrogen) atoms. The molecule has 0 bridgehead atoms. The predicted octanol–water partition coefficient (Wildman–Crippen LogP) is 1.13. The minimum atomic E-state index is -0.398. The van der Waals surface area contributed by atoms with E-state index in [1.807, 2.05) is 0 Å². The Morgan fingerprint density at radius 1 is 1.60 bits per heavy atom. The zero-order valence-electron chi connectivity index (χ0n) is 7.02. The van der Waals surface area contributed by atoms with Crippen LogP contribution in [0.5, 0.6) is 0 Å². The second-order valence-electron chi connectivity index (χ2n) is 2.92. The van der Waals surface area contributed by atoms with Crippen LogP contribution in [0.1, 0.15) is 20.3 Å². The SMILES string of the molecule is C=C(NC)C(O)CC(C)C. The Morgan fingerprint density at radius 2 is 2.10 bits per heavy atom. The topological polar surface area (TPSA) is 32.3 Å². The van der Waals surface area contributed by atoms with Crippen molar-refractivity contribution < 1.29 is 5.11 Å². The first-order valence-corrected chi connectivity index (χ1v) is 3.62. The third-order valence-corrected chi connectivity index (χ3v) is 1.42. The van der Waals surface area contributed by atoms with Crippen molar-refractivity contribution in [3.05, 3.63) is 12.3 Å². The van der Waals surface area contributed by atoms with Crippen molar-refractivity contribution in [1.29, 1.82) is 0 Å². The Balaban J connectivity index is 3.61. The van der Waals surface area contributed by atoms with Crippen LogP contribution in [-0.2, 0) is 0 Å². The molecule has 60 valence electrons. The summed E-state index contributed by atoms with van der Waals surface area (Å²) in [6.45, 7) is 7.82. The van der Waals surface area contributed by atoms with Gasteiger partial charge in [0.1, 0.15) is 0 Å². The van der Waals surface area contributed by atoms with E-state index in [0.717, 1.165) is 6.42 Å². The van der Waals surface area contributed by atoms with Gasteiger partial charge in [0.25, 0.3) is 0 Å². The molecule has 0 spiro atoms. The maximum absolute atomic E-state index is 9.33. The molecule has 1 unspecified atom stereocenters. The summed E-state index contributed by atoms with van der Waals surface area (Å²) in [5.74, 6) is 0.514. The molecule has 0 aromatic heterocycles. The molecule has 2 N–H and O–H groups in total. The van der Waals surface area contributed by atoms with E-state index >= 15 is 0 Å². The second kappa shape index (κ2) is 4.34. The highest BCUT2D eigenvalue weighted by atomic mass is 16.3. The largest absolute Gasteiger partial charge is 0.390 e. The van der Waals surface area contributed by atoms with Gasteiger partial charge >= 0.3 is 0 Å². The lowest BCUT2D eigenvalue weighted by Gasteiger charge is -2.14. The van der Waals surface area contributed by atoms with Crippen LogP contribution in [0.25, 0.3) is 0 Å². The summed E-state index contributed by atoms with van der Waals surface area (Å²) in [6, 6.07) is 0. The van der Waals surface area contributed by atoms with Crippen LogP contribution < -0.4 is 5.32 Å². The first-order chi connectivity index (χ1) is 4.57. The van der Waals surface area contributed by atoms with Gasteiger partial charge in [-0.25, -0.2) is 0 Å². The molecule has 0 fully saturated rings. The summed E-state index contributed by atoms with van der Waals surface area (Å²) in [5, 5.41) is 12.2. The van der Waals surface area contributed by atoms with Gasteiger partial charge in [-0.05, 0) is 12.3 Å². The van der Waals surface area contributed by atoms with Gasteiger partial charge in [0, 0.05) is 12.7 Å². The fourth-order valence-corrected chi connectivity index (χ4v) is 0.755. The van der Waals surface area contributed by atoms with E-state index in [4.69, 9.17) is 0 Å². The van der Waals surface area contributed by atoms with Gasteiger partial charge in [0.15, 0.2) is 0 Å². The zero-order valence-corrected chi connectivity index (χ0v) is 7.02. The minimum Gasteiger partial charge on any atom is -0.390 e. The fourth-order valence-electron chi connectivity index (χ4n) is 0.755. The highest BCUT2D eigenvalue weighted by molar-refractivity contribution is 4.97. The van der Waals surface area contributed by atoms with Crippen molar-refractivity contribution in [1.82, 2.24) is 5.32 Å². The van der Waals surface area contributed by atoms with Crippen LogP contribution in [0, 0.1) is 5.92 Å². The van der Waals surface area contributed by atoms with Crippen LogP contribution in [-0.4, -0.2) is 18.3 Å². The lowest BCUT2D eigenvalue weighted by molar-refractivity contribution is 0.177. The molecule has 0 amide bonds. The molecule has 0 heterocycles. The highest BCUT2D eigenvalue weighted by Gasteiger charge is 2.08. The third kappa shape index (κ3) is 3.51. The smallest absolute Gasteiger partial charge is 0.0930 e. The average molecular weight is 143 g/mol. The summed E-state index contributed by atoms with van der Waals surface area (Å²) in [7, 11) is 1.77. The summed E-state index contributed by atoms with van der Waals surface area (Å²) in [6.07, 6.45) is 0.379. The molecular formula is C8H17NO. The van der Waals surface area contributed by atoms with Crippen molar-refractivity contribution in [2.45, 2.75) is 26.4 Å². The summed E-state index contributed by atoms with van der Waals surface area (Å²) in [4.78, 5) is 0. The van der Waals surface area contributed by atoms with Crippen LogP contribution in [0.15, 0.2) is 12.3 Å². The van der Waals surface area contributed by atoms with E-state index < -0.39 is 6.10 Å². The Hall–Kier alpha value is -0.500. The highest BCUT2D eigenvalue weighted by Crippen LogP contribution is 2.08. The molecule has 0 saturated heterocycles. The number of nitrogens with one attached hydrogen (secondary N) is 1. The maximum Gasteiger partial charge on any atom is 0.0930 e. The van der Waals surface area contributed by atoms with Crippen molar-refractivity contribution >= 4 is 0 Å². The monoisotopic (exact) mass is 143 g/mol. The lowest BCUT2D eigenvalue weighted by atomic mass is 10.0. The van der Waals surface area contributed by atoms with Gasteiger partial charge in [-0.1, -0.05) is 20.4 Å². The van der Waals surface area contributed by atoms with Gasteiger partial charge in [-0.15, -0.1) is 0 Å². The van der Waals surface area contributed by atoms with Gasteiger partial charge in [0.05, 0.1) is 6.10 Å². The lowest BCUT2D eigenvalue weighted by Crippen LogP contribution is -2.21. The molecule has 0 aliphatic carbocycles. The van der Waals surface area contributed by atoms with Crippen molar-refractivity contribution in [2.24, 2.45) is 5.92 Å². The molecule has 0 aromatic rings. The van der Waals surface area contributed by atoms with E-state index in [2.05, 4.69) is 25.7 Å². The first kappa shape index (κ1) is 9.50. The van der Waals surface area contributed by atoms with Crippen molar-refractivity contribution in [2.75, 3.05) is 7.05 Å². The van der Waals surface area contributed by atoms with Gasteiger partial charge in [-0.3, -0.25) is 0 Å². The van der Waals surface area contributed by atoms with E-state index in [-0.39, 0.29) is 0 Å². The Bertz CT molecular complexity index is 110. The second-order valence-corrected chi connectivity index (χ2v) is 2.92. The molecule has 1 atom stereocenters. The molecule has 2 nitrogen and oxygen atoms in total. The van der Waals surface area contributed by atoms with Gasteiger partial charge < -0.3 is 10.4 Å². The molecule has 0 aliphatic heterocycles. The van der Waals surface area contributed by atoms with Gasteiger partial charge in [-0.2, -0.15) is 0 Å². The fraction of sp³-hybridized carbons (Fsp3) is 0.750. The van der Waals surface area contributed by atoms with E-state index in [1.165, 1.54) is 0 Å². The first-order valence-electron chi connectivity index (χ1n) is 3.62. The molecule has 0 rings (SSSR count). The molecule has 2 heteroatoms. The molecule has 0 saturated carbocycles. The summed E-state index contributed by atoms with van der Waals surface area (Å²) in [5.41, 5.74) is 0.703. The summed E-state index contributed by atoms with van der Waals surface area (Å²) < 4.78 is 0. The number of hydrogen-bond acceptors (Lipinski definition) is 2. The normalized spacial score (nSPS) is 13.3. The third-order valence-electron chi connectivity index (χ3n) is 1.42. The molecule has 0 radical (unpaired) electrons. The Morgan fingerprint density at radius 3 is 2.40 bits per heavy atom. The number of aliphatic hydroxyl groups excluding tert-OH is 1.